The van der Waals surface area contributed by atoms with Crippen molar-refractivity contribution < 1.29 is 4.74 Å². The second kappa shape index (κ2) is 21.7. The molecule has 3 nitrogen and oxygen atoms in total. The third-order valence-corrected chi connectivity index (χ3v) is 20.7. The SMILES string of the molecule is CC(C)(C)C1=CCC(N(C2=CCC(C3=CC(C4CC=CCC4)CCC3)C=C2)C2=CC3CC4OC5C=C(N(C6=CCC(C(C)(C)C)C=C6)C6CC=C(C7CC=CC(C8C=CC=CC8)C7)CC6)C=CC5C4C=C3C=C2)CC1. The van der Waals surface area contributed by atoms with Crippen LogP contribution >= 0.6 is 0 Å². The molecule has 14 unspecified atom stereocenters. The lowest BCUT2D eigenvalue weighted by atomic mass is 9.72. The van der Waals surface area contributed by atoms with Crippen molar-refractivity contribution in [1.29, 1.82) is 0 Å². The van der Waals surface area contributed by atoms with E-state index in [9.17, 15) is 0 Å². The molecule has 12 rings (SSSR count). The van der Waals surface area contributed by atoms with Crippen molar-refractivity contribution in [2.24, 2.45) is 70.0 Å². The minimum absolute atomic E-state index is 0.0915. The lowest BCUT2D eigenvalue weighted by molar-refractivity contribution is 0.0454. The summed E-state index contributed by atoms with van der Waals surface area (Å²) in [4.78, 5) is 5.51. The molecule has 0 spiro atoms. The van der Waals surface area contributed by atoms with E-state index < -0.39 is 0 Å². The Morgan fingerprint density at radius 1 is 0.507 bits per heavy atom. The van der Waals surface area contributed by atoms with Crippen LogP contribution in [0.3, 0.4) is 0 Å². The molecule has 0 aromatic rings. The average Bonchev–Trinajstić information content (AvgIpc) is 3.80. The van der Waals surface area contributed by atoms with E-state index in [0.29, 0.717) is 59.4 Å². The zero-order valence-corrected chi connectivity index (χ0v) is 47.0. The first-order chi connectivity index (χ1) is 36.4. The van der Waals surface area contributed by atoms with Gasteiger partial charge in [-0.3, -0.25) is 0 Å². The largest absolute Gasteiger partial charge is 0.370 e. The first-order valence-electron chi connectivity index (χ1n) is 30.7. The van der Waals surface area contributed by atoms with E-state index in [1.54, 1.807) is 16.7 Å². The predicted octanol–water partition coefficient (Wildman–Crippen LogP) is 18.2. The van der Waals surface area contributed by atoms with Crippen LogP contribution in [0.2, 0.25) is 0 Å². The van der Waals surface area contributed by atoms with Crippen LogP contribution in [0.25, 0.3) is 0 Å². The van der Waals surface area contributed by atoms with E-state index in [0.717, 1.165) is 43.9 Å². The van der Waals surface area contributed by atoms with Crippen LogP contribution < -0.4 is 0 Å². The topological polar surface area (TPSA) is 15.7 Å². The quantitative estimate of drug-likeness (QED) is 0.203. The third-order valence-electron chi connectivity index (χ3n) is 20.7. The van der Waals surface area contributed by atoms with Gasteiger partial charge in [-0.25, -0.2) is 0 Å². The molecule has 396 valence electrons. The molecule has 0 amide bonds. The Morgan fingerprint density at radius 3 is 2.00 bits per heavy atom. The zero-order valence-electron chi connectivity index (χ0n) is 47.0. The van der Waals surface area contributed by atoms with E-state index in [2.05, 4.69) is 197 Å². The van der Waals surface area contributed by atoms with E-state index >= 15 is 0 Å². The molecule has 0 saturated carbocycles. The summed E-state index contributed by atoms with van der Waals surface area (Å²) in [7, 11) is 0. The summed E-state index contributed by atoms with van der Waals surface area (Å²) in [6.45, 7) is 14.4. The molecular weight excluding hydrogens is 909 g/mol. The van der Waals surface area contributed by atoms with Gasteiger partial charge in [-0.2, -0.15) is 0 Å². The maximum Gasteiger partial charge on any atom is 0.0852 e. The molecule has 12 aliphatic rings. The van der Waals surface area contributed by atoms with Crippen molar-refractivity contribution in [1.82, 2.24) is 9.80 Å². The molecular formula is C72H92N2O. The Hall–Kier alpha value is -4.60. The van der Waals surface area contributed by atoms with Crippen LogP contribution in [0, 0.1) is 70.0 Å². The van der Waals surface area contributed by atoms with Gasteiger partial charge < -0.3 is 14.5 Å². The van der Waals surface area contributed by atoms with E-state index in [4.69, 9.17) is 4.74 Å². The average molecular weight is 1000 g/mol. The van der Waals surface area contributed by atoms with E-state index in [-0.39, 0.29) is 23.0 Å². The minimum Gasteiger partial charge on any atom is -0.370 e. The summed E-state index contributed by atoms with van der Waals surface area (Å²) in [5, 5.41) is 0. The van der Waals surface area contributed by atoms with Gasteiger partial charge in [0.2, 0.25) is 0 Å². The summed E-state index contributed by atoms with van der Waals surface area (Å²) in [6, 6.07) is 0.898. The normalized spacial score (nSPS) is 37.2. The molecule has 0 aromatic heterocycles. The number of rotatable bonds is 10. The molecule has 1 fully saturated rings. The van der Waals surface area contributed by atoms with Crippen molar-refractivity contribution in [2.75, 3.05) is 0 Å². The highest BCUT2D eigenvalue weighted by atomic mass is 16.5. The van der Waals surface area contributed by atoms with Crippen molar-refractivity contribution in [3.05, 3.63) is 191 Å². The van der Waals surface area contributed by atoms with Crippen LogP contribution in [-0.4, -0.2) is 34.1 Å². The number of hydrogen-bond donors (Lipinski definition) is 0. The number of fused-ring (bicyclic) bond motifs is 4. The monoisotopic (exact) mass is 1000 g/mol. The third kappa shape index (κ3) is 11.0. The molecule has 1 heterocycles. The summed E-state index contributed by atoms with van der Waals surface area (Å²) in [5.74, 6) is 5.83. The van der Waals surface area contributed by atoms with Gasteiger partial charge in [0, 0.05) is 58.5 Å². The molecule has 75 heavy (non-hydrogen) atoms. The van der Waals surface area contributed by atoms with Crippen LogP contribution in [0.1, 0.15) is 157 Å². The summed E-state index contributed by atoms with van der Waals surface area (Å²) in [5.41, 5.74) is 12.6. The standard InChI is InChI=1S/C72H92N2O/c1-71(2,3)59-28-37-63(38-29-59)73(61-32-23-51(24-33-61)55-21-13-19-53(43-55)49-15-9-7-10-16-49)65-36-27-57-46-68-67-42-41-66(48-70(67)75-69(68)47-58(57)45-65)74(64-39-30-60(31-40-64)72(4,5)6)62-34-25-52(26-35-62)56-22-14-20-54(44-56)50-17-11-8-12-18-50/h7-9,11-12,14,17,20,23,25,27-28,30,32-33,36,39-43,45-46,48-51,53-54,56,58,60,62-63,67-70H,10,13,15-16,18-19,21-22,24,26,29,31,34-35,37-38,44,47H2,1-6H3. The van der Waals surface area contributed by atoms with E-state index in [1.807, 2.05) is 0 Å². The number of nitrogens with zero attached hydrogens (tertiary/aromatic N) is 2. The first-order valence-corrected chi connectivity index (χ1v) is 30.7. The fraction of sp³-hybridized carbons (Fsp3) is 0.556. The predicted molar refractivity (Wildman–Crippen MR) is 315 cm³/mol. The Balaban J connectivity index is 0.762. The van der Waals surface area contributed by atoms with Crippen LogP contribution in [0.15, 0.2) is 191 Å². The van der Waals surface area contributed by atoms with Crippen molar-refractivity contribution in [2.45, 2.75) is 181 Å². The highest BCUT2D eigenvalue weighted by Crippen LogP contribution is 2.50. The molecule has 11 aliphatic carbocycles. The van der Waals surface area contributed by atoms with Gasteiger partial charge >= 0.3 is 0 Å². The number of ether oxygens (including phenoxy) is 1. The van der Waals surface area contributed by atoms with E-state index in [1.165, 1.54) is 112 Å². The van der Waals surface area contributed by atoms with Gasteiger partial charge in [0.05, 0.1) is 12.2 Å². The van der Waals surface area contributed by atoms with Crippen LogP contribution in [-0.2, 0) is 4.74 Å². The number of allylic oxidation sites excluding steroid dienone is 23. The summed E-state index contributed by atoms with van der Waals surface area (Å²) in [6.07, 6.45) is 82.5. The molecule has 0 bridgehead atoms. The Kier molecular flexibility index (Phi) is 14.8. The highest BCUT2D eigenvalue weighted by molar-refractivity contribution is 5.46. The number of hydrogen-bond acceptors (Lipinski definition) is 3. The second-order valence-corrected chi connectivity index (χ2v) is 27.4. The smallest absolute Gasteiger partial charge is 0.0852 e. The van der Waals surface area contributed by atoms with Gasteiger partial charge in [-0.05, 0) is 198 Å². The van der Waals surface area contributed by atoms with Crippen LogP contribution in [0.4, 0.5) is 0 Å². The highest BCUT2D eigenvalue weighted by Gasteiger charge is 2.47. The van der Waals surface area contributed by atoms with Crippen LogP contribution in [0.5, 0.6) is 0 Å². The minimum atomic E-state index is 0.0915. The fourth-order valence-electron chi connectivity index (χ4n) is 16.1. The molecule has 1 saturated heterocycles. The second-order valence-electron chi connectivity index (χ2n) is 27.4. The lowest BCUT2D eigenvalue weighted by Crippen LogP contribution is -2.37. The van der Waals surface area contributed by atoms with Crippen molar-refractivity contribution in [3.8, 4) is 0 Å². The Bertz CT molecular complexity index is 2670. The maximum atomic E-state index is 7.31. The molecule has 1 aliphatic heterocycles. The first kappa shape index (κ1) is 51.2. The van der Waals surface area contributed by atoms with Crippen molar-refractivity contribution >= 4 is 0 Å². The molecule has 3 heteroatoms. The summed E-state index contributed by atoms with van der Waals surface area (Å²) < 4.78 is 7.31. The Morgan fingerprint density at radius 2 is 1.31 bits per heavy atom. The molecule has 0 radical (unpaired) electrons. The molecule has 0 aromatic carbocycles. The molecule has 14 atom stereocenters. The van der Waals surface area contributed by atoms with Gasteiger partial charge in [-0.15, -0.1) is 0 Å². The molecule has 0 N–H and O–H groups in total. The Labute approximate surface area is 454 Å². The fourth-order valence-corrected chi connectivity index (χ4v) is 16.1. The van der Waals surface area contributed by atoms with Gasteiger partial charge in [0.15, 0.2) is 0 Å². The van der Waals surface area contributed by atoms with Crippen molar-refractivity contribution in [3.63, 3.8) is 0 Å². The van der Waals surface area contributed by atoms with Gasteiger partial charge in [0.1, 0.15) is 0 Å². The lowest BCUT2D eigenvalue weighted by Gasteiger charge is -2.42. The summed E-state index contributed by atoms with van der Waals surface area (Å²) >= 11 is 0. The van der Waals surface area contributed by atoms with Gasteiger partial charge in [-0.1, -0.05) is 174 Å². The van der Waals surface area contributed by atoms with Gasteiger partial charge in [0.25, 0.3) is 0 Å². The maximum absolute atomic E-state index is 7.31. The zero-order chi connectivity index (χ0) is 51.3.